The maximum atomic E-state index is 5.88. The molecular weight excluding hydrogens is 232 g/mol. The molecular formula is C17H14N2. The molecule has 0 amide bonds. The summed E-state index contributed by atoms with van der Waals surface area (Å²) >= 11 is 0. The number of anilines is 1. The predicted octanol–water partition coefficient (Wildman–Crippen LogP) is 4.17. The summed E-state index contributed by atoms with van der Waals surface area (Å²) in [6, 6.07) is 22.1. The Morgan fingerprint density at radius 2 is 1.53 bits per heavy atom. The van der Waals surface area contributed by atoms with Crippen molar-refractivity contribution in [1.29, 1.82) is 0 Å². The lowest BCUT2D eigenvalue weighted by atomic mass is 10.1. The lowest BCUT2D eigenvalue weighted by molar-refractivity contribution is 1.54. The van der Waals surface area contributed by atoms with Crippen molar-refractivity contribution in [2.24, 2.45) is 4.99 Å². The molecule has 0 saturated carbocycles. The number of fused-ring (bicyclic) bond motifs is 1. The van der Waals surface area contributed by atoms with Crippen molar-refractivity contribution in [3.05, 3.63) is 72.3 Å². The van der Waals surface area contributed by atoms with Gasteiger partial charge in [-0.05, 0) is 29.0 Å². The molecule has 0 spiro atoms. The van der Waals surface area contributed by atoms with Crippen LogP contribution in [0.5, 0.6) is 0 Å². The zero-order chi connectivity index (χ0) is 13.1. The van der Waals surface area contributed by atoms with Gasteiger partial charge in [0.25, 0.3) is 0 Å². The van der Waals surface area contributed by atoms with Gasteiger partial charge in [0.15, 0.2) is 0 Å². The van der Waals surface area contributed by atoms with Crippen LogP contribution in [-0.2, 0) is 0 Å². The van der Waals surface area contributed by atoms with Gasteiger partial charge in [0.1, 0.15) is 0 Å². The van der Waals surface area contributed by atoms with Crippen molar-refractivity contribution in [1.82, 2.24) is 0 Å². The molecule has 2 heteroatoms. The molecule has 3 rings (SSSR count). The molecule has 0 bridgehead atoms. The summed E-state index contributed by atoms with van der Waals surface area (Å²) in [6.07, 6.45) is 1.80. The van der Waals surface area contributed by atoms with E-state index in [1.807, 2.05) is 42.5 Å². The summed E-state index contributed by atoms with van der Waals surface area (Å²) in [4.78, 5) is 4.48. The molecule has 0 radical (unpaired) electrons. The number of rotatable bonds is 2. The van der Waals surface area contributed by atoms with Crippen LogP contribution in [0.2, 0.25) is 0 Å². The van der Waals surface area contributed by atoms with E-state index in [1.165, 1.54) is 10.8 Å². The molecule has 0 aromatic heterocycles. The molecule has 3 aromatic rings. The average Bonchev–Trinajstić information content (AvgIpc) is 2.46. The first-order chi connectivity index (χ1) is 9.33. The third kappa shape index (κ3) is 2.47. The van der Waals surface area contributed by atoms with Crippen LogP contribution < -0.4 is 5.73 Å². The predicted molar refractivity (Wildman–Crippen MR) is 82.1 cm³/mol. The van der Waals surface area contributed by atoms with Crippen molar-refractivity contribution in [3.8, 4) is 0 Å². The van der Waals surface area contributed by atoms with Crippen molar-refractivity contribution in [2.45, 2.75) is 0 Å². The van der Waals surface area contributed by atoms with Gasteiger partial charge in [-0.25, -0.2) is 0 Å². The van der Waals surface area contributed by atoms with E-state index in [9.17, 15) is 0 Å². The molecule has 2 N–H and O–H groups in total. The molecule has 0 fully saturated rings. The van der Waals surface area contributed by atoms with E-state index in [4.69, 9.17) is 5.73 Å². The van der Waals surface area contributed by atoms with E-state index < -0.39 is 0 Å². The molecule has 0 heterocycles. The Morgan fingerprint density at radius 3 is 2.37 bits per heavy atom. The van der Waals surface area contributed by atoms with E-state index in [0.29, 0.717) is 0 Å². The van der Waals surface area contributed by atoms with Crippen LogP contribution in [0, 0.1) is 0 Å². The van der Waals surface area contributed by atoms with Crippen LogP contribution in [-0.4, -0.2) is 6.21 Å². The fourth-order valence-corrected chi connectivity index (χ4v) is 2.03. The summed E-state index contributed by atoms with van der Waals surface area (Å²) in [7, 11) is 0. The number of hydrogen-bond donors (Lipinski definition) is 1. The SMILES string of the molecule is Nc1ccccc1C=Nc1ccc2ccccc2c1. The highest BCUT2D eigenvalue weighted by Crippen LogP contribution is 2.21. The Morgan fingerprint density at radius 1 is 0.789 bits per heavy atom. The summed E-state index contributed by atoms with van der Waals surface area (Å²) in [5, 5.41) is 2.42. The minimum Gasteiger partial charge on any atom is -0.398 e. The van der Waals surface area contributed by atoms with Gasteiger partial charge >= 0.3 is 0 Å². The van der Waals surface area contributed by atoms with Gasteiger partial charge in [-0.3, -0.25) is 4.99 Å². The largest absolute Gasteiger partial charge is 0.398 e. The zero-order valence-electron chi connectivity index (χ0n) is 10.5. The number of para-hydroxylation sites is 1. The average molecular weight is 246 g/mol. The van der Waals surface area contributed by atoms with Gasteiger partial charge in [-0.15, -0.1) is 0 Å². The minimum absolute atomic E-state index is 0.743. The highest BCUT2D eigenvalue weighted by Gasteiger charge is 1.95. The standard InChI is InChI=1S/C17H14N2/c18-17-8-4-3-7-15(17)12-19-16-10-9-13-5-1-2-6-14(13)11-16/h1-12H,18H2. The molecule has 0 unspecified atom stereocenters. The molecule has 19 heavy (non-hydrogen) atoms. The van der Waals surface area contributed by atoms with E-state index in [0.717, 1.165) is 16.9 Å². The first-order valence-corrected chi connectivity index (χ1v) is 6.20. The van der Waals surface area contributed by atoms with Crippen LogP contribution >= 0.6 is 0 Å². The van der Waals surface area contributed by atoms with Crippen molar-refractivity contribution in [3.63, 3.8) is 0 Å². The zero-order valence-corrected chi connectivity index (χ0v) is 10.5. The van der Waals surface area contributed by atoms with Gasteiger partial charge in [0, 0.05) is 17.5 Å². The van der Waals surface area contributed by atoms with Gasteiger partial charge in [-0.1, -0.05) is 48.5 Å². The highest BCUT2D eigenvalue weighted by atomic mass is 14.7. The number of nitrogens with two attached hydrogens (primary N) is 1. The summed E-state index contributed by atoms with van der Waals surface area (Å²) in [5.41, 5.74) is 8.50. The van der Waals surface area contributed by atoms with Crippen molar-refractivity contribution < 1.29 is 0 Å². The summed E-state index contributed by atoms with van der Waals surface area (Å²) in [5.74, 6) is 0. The third-order valence-electron chi connectivity index (χ3n) is 3.08. The van der Waals surface area contributed by atoms with Crippen LogP contribution in [0.1, 0.15) is 5.56 Å². The second-order valence-electron chi connectivity index (χ2n) is 4.42. The fourth-order valence-electron chi connectivity index (χ4n) is 2.03. The van der Waals surface area contributed by atoms with E-state index in [1.54, 1.807) is 6.21 Å². The molecule has 0 saturated heterocycles. The maximum absolute atomic E-state index is 5.88. The van der Waals surface area contributed by atoms with Gasteiger partial charge in [0.2, 0.25) is 0 Å². The second-order valence-corrected chi connectivity index (χ2v) is 4.42. The number of benzene rings is 3. The third-order valence-corrected chi connectivity index (χ3v) is 3.08. The van der Waals surface area contributed by atoms with Gasteiger partial charge in [-0.2, -0.15) is 0 Å². The quantitative estimate of drug-likeness (QED) is 0.535. The number of nitrogen functional groups attached to an aromatic ring is 1. The molecule has 0 aliphatic rings. The Bertz CT molecular complexity index is 745. The fraction of sp³-hybridized carbons (Fsp3) is 0. The lowest BCUT2D eigenvalue weighted by Gasteiger charge is -2.00. The maximum Gasteiger partial charge on any atom is 0.0636 e. The number of nitrogens with zero attached hydrogens (tertiary/aromatic N) is 1. The molecule has 0 atom stereocenters. The first kappa shape index (κ1) is 11.5. The van der Waals surface area contributed by atoms with Crippen LogP contribution in [0.25, 0.3) is 10.8 Å². The number of aliphatic imine (C=N–C) groups is 1. The monoisotopic (exact) mass is 246 g/mol. The molecule has 2 nitrogen and oxygen atoms in total. The second kappa shape index (κ2) is 4.94. The Balaban J connectivity index is 1.95. The molecule has 0 aliphatic carbocycles. The summed E-state index contributed by atoms with van der Waals surface area (Å²) < 4.78 is 0. The highest BCUT2D eigenvalue weighted by molar-refractivity contribution is 5.90. The first-order valence-electron chi connectivity index (χ1n) is 6.20. The Hall–Kier alpha value is -2.61. The van der Waals surface area contributed by atoms with E-state index >= 15 is 0 Å². The van der Waals surface area contributed by atoms with Crippen LogP contribution in [0.3, 0.4) is 0 Å². The van der Waals surface area contributed by atoms with Crippen LogP contribution in [0.15, 0.2) is 71.7 Å². The topological polar surface area (TPSA) is 38.4 Å². The Labute approximate surface area is 112 Å². The molecule has 0 aliphatic heterocycles. The summed E-state index contributed by atoms with van der Waals surface area (Å²) in [6.45, 7) is 0. The normalized spacial score (nSPS) is 11.2. The van der Waals surface area contributed by atoms with Crippen LogP contribution in [0.4, 0.5) is 11.4 Å². The van der Waals surface area contributed by atoms with Gasteiger partial charge in [0.05, 0.1) is 5.69 Å². The van der Waals surface area contributed by atoms with Crippen molar-refractivity contribution in [2.75, 3.05) is 5.73 Å². The van der Waals surface area contributed by atoms with Crippen molar-refractivity contribution >= 4 is 28.4 Å². The smallest absolute Gasteiger partial charge is 0.0636 e. The molecule has 92 valence electrons. The van der Waals surface area contributed by atoms with E-state index in [-0.39, 0.29) is 0 Å². The molecule has 3 aromatic carbocycles. The minimum atomic E-state index is 0.743. The Kier molecular flexibility index (Phi) is 2.99. The van der Waals surface area contributed by atoms with Gasteiger partial charge < -0.3 is 5.73 Å². The van der Waals surface area contributed by atoms with E-state index in [2.05, 4.69) is 29.3 Å². The lowest BCUT2D eigenvalue weighted by Crippen LogP contribution is -1.91. The number of hydrogen-bond acceptors (Lipinski definition) is 2.